The average Bonchev–Trinajstić information content (AvgIpc) is 1.96. The Morgan fingerprint density at radius 1 is 1.33 bits per heavy atom. The number of hydrogen-bond acceptors (Lipinski definition) is 1. The number of benzene rings is 1. The molecule has 64 valence electrons. The molecule has 0 atom stereocenters. The van der Waals surface area contributed by atoms with E-state index in [9.17, 15) is 8.78 Å². The minimum atomic E-state index is -0.747. The van der Waals surface area contributed by atoms with Crippen molar-refractivity contribution in [1.29, 1.82) is 0 Å². The minimum Gasteiger partial charge on any atom is -0.389 e. The first-order valence-electron chi connectivity index (χ1n) is 2.96. The highest BCUT2D eigenvalue weighted by molar-refractivity contribution is 9.10. The van der Waals surface area contributed by atoms with Gasteiger partial charge in [0.1, 0.15) is 16.6 Å². The molecule has 5 heteroatoms. The van der Waals surface area contributed by atoms with Gasteiger partial charge in [-0.3, -0.25) is 0 Å². The molecule has 0 aromatic heterocycles. The summed E-state index contributed by atoms with van der Waals surface area (Å²) in [4.78, 5) is -0.0896. The van der Waals surface area contributed by atoms with Crippen LogP contribution in [0.15, 0.2) is 16.6 Å². The van der Waals surface area contributed by atoms with Crippen molar-refractivity contribution < 1.29 is 8.78 Å². The van der Waals surface area contributed by atoms with Crippen LogP contribution in [-0.2, 0) is 0 Å². The summed E-state index contributed by atoms with van der Waals surface area (Å²) in [5.74, 6) is -1.42. The van der Waals surface area contributed by atoms with E-state index in [0.717, 1.165) is 6.07 Å². The summed E-state index contributed by atoms with van der Waals surface area (Å²) in [5.41, 5.74) is 5.22. The van der Waals surface area contributed by atoms with E-state index in [0.29, 0.717) is 0 Å². The van der Waals surface area contributed by atoms with Crippen molar-refractivity contribution in [3.05, 3.63) is 33.8 Å². The zero-order valence-corrected chi connectivity index (χ0v) is 8.18. The molecule has 0 radical (unpaired) electrons. The van der Waals surface area contributed by atoms with Crippen LogP contribution >= 0.6 is 28.1 Å². The van der Waals surface area contributed by atoms with Crippen molar-refractivity contribution in [3.8, 4) is 0 Å². The molecule has 0 saturated carbocycles. The topological polar surface area (TPSA) is 26.0 Å². The Bertz CT molecular complexity index is 340. The van der Waals surface area contributed by atoms with Crippen LogP contribution in [0.1, 0.15) is 5.56 Å². The molecule has 0 saturated heterocycles. The van der Waals surface area contributed by atoms with E-state index in [1.165, 1.54) is 6.07 Å². The molecule has 0 fully saturated rings. The normalized spacial score (nSPS) is 9.92. The van der Waals surface area contributed by atoms with Gasteiger partial charge in [0.05, 0.1) is 4.47 Å². The molecule has 0 aliphatic heterocycles. The van der Waals surface area contributed by atoms with Gasteiger partial charge in [0, 0.05) is 11.6 Å². The SMILES string of the molecule is NC(=S)c1cc(Br)c(F)cc1F. The largest absolute Gasteiger partial charge is 0.389 e. The molecule has 0 bridgehead atoms. The van der Waals surface area contributed by atoms with Crippen molar-refractivity contribution in [2.45, 2.75) is 0 Å². The second-order valence-corrected chi connectivity index (χ2v) is 3.40. The standard InChI is InChI=1S/C7H4BrF2NS/c8-4-1-3(7(11)12)5(9)2-6(4)10/h1-2H,(H2,11,12). The van der Waals surface area contributed by atoms with Crippen LogP contribution < -0.4 is 5.73 Å². The van der Waals surface area contributed by atoms with E-state index in [-0.39, 0.29) is 15.0 Å². The lowest BCUT2D eigenvalue weighted by Gasteiger charge is -2.01. The van der Waals surface area contributed by atoms with Gasteiger partial charge in [0.15, 0.2) is 0 Å². The third kappa shape index (κ3) is 1.78. The average molecular weight is 252 g/mol. The summed E-state index contributed by atoms with van der Waals surface area (Å²) in [7, 11) is 0. The minimum absolute atomic E-state index is 0.0401. The van der Waals surface area contributed by atoms with Crippen LogP contribution in [0.5, 0.6) is 0 Å². The maximum atomic E-state index is 12.9. The van der Waals surface area contributed by atoms with Crippen molar-refractivity contribution in [3.63, 3.8) is 0 Å². The predicted molar refractivity (Wildman–Crippen MR) is 49.9 cm³/mol. The lowest BCUT2D eigenvalue weighted by molar-refractivity contribution is 0.577. The van der Waals surface area contributed by atoms with E-state index < -0.39 is 11.6 Å². The van der Waals surface area contributed by atoms with Crippen LogP contribution in [0.3, 0.4) is 0 Å². The lowest BCUT2D eigenvalue weighted by atomic mass is 10.2. The molecule has 1 aromatic carbocycles. The summed E-state index contributed by atoms with van der Waals surface area (Å²) in [6.07, 6.45) is 0. The van der Waals surface area contributed by atoms with Gasteiger partial charge >= 0.3 is 0 Å². The van der Waals surface area contributed by atoms with Gasteiger partial charge < -0.3 is 5.73 Å². The Hall–Kier alpha value is -0.550. The maximum Gasteiger partial charge on any atom is 0.140 e. The molecule has 0 aliphatic rings. The smallest absolute Gasteiger partial charge is 0.140 e. The fourth-order valence-corrected chi connectivity index (χ4v) is 1.21. The van der Waals surface area contributed by atoms with Gasteiger partial charge in [0.2, 0.25) is 0 Å². The van der Waals surface area contributed by atoms with E-state index in [1.54, 1.807) is 0 Å². The quantitative estimate of drug-likeness (QED) is 0.613. The summed E-state index contributed by atoms with van der Waals surface area (Å²) in [6.45, 7) is 0. The number of halogens is 3. The van der Waals surface area contributed by atoms with Crippen LogP contribution in [-0.4, -0.2) is 4.99 Å². The molecule has 1 nitrogen and oxygen atoms in total. The third-order valence-corrected chi connectivity index (χ3v) is 2.10. The summed E-state index contributed by atoms with van der Waals surface area (Å²) in [5, 5.41) is 0. The van der Waals surface area contributed by atoms with Gasteiger partial charge in [0.25, 0.3) is 0 Å². The van der Waals surface area contributed by atoms with Crippen molar-refractivity contribution >= 4 is 33.1 Å². The summed E-state index contributed by atoms with van der Waals surface area (Å²) >= 11 is 7.44. The lowest BCUT2D eigenvalue weighted by Crippen LogP contribution is -2.11. The fraction of sp³-hybridized carbons (Fsp3) is 0. The van der Waals surface area contributed by atoms with E-state index in [2.05, 4.69) is 28.1 Å². The van der Waals surface area contributed by atoms with Gasteiger partial charge in [-0.05, 0) is 22.0 Å². The van der Waals surface area contributed by atoms with Crippen LogP contribution in [0.25, 0.3) is 0 Å². The van der Waals surface area contributed by atoms with E-state index >= 15 is 0 Å². The Morgan fingerprint density at radius 3 is 2.42 bits per heavy atom. The third-order valence-electron chi connectivity index (χ3n) is 1.28. The highest BCUT2D eigenvalue weighted by atomic mass is 79.9. The first kappa shape index (κ1) is 9.54. The van der Waals surface area contributed by atoms with Crippen molar-refractivity contribution in [1.82, 2.24) is 0 Å². The van der Waals surface area contributed by atoms with Gasteiger partial charge in [-0.15, -0.1) is 0 Å². The molecule has 2 N–H and O–H groups in total. The van der Waals surface area contributed by atoms with Crippen molar-refractivity contribution in [2.24, 2.45) is 5.73 Å². The number of hydrogen-bond donors (Lipinski definition) is 1. The molecule has 1 aromatic rings. The van der Waals surface area contributed by atoms with Gasteiger partial charge in [-0.1, -0.05) is 12.2 Å². The van der Waals surface area contributed by atoms with E-state index in [4.69, 9.17) is 5.73 Å². The Morgan fingerprint density at radius 2 is 1.92 bits per heavy atom. The second kappa shape index (κ2) is 3.45. The molecular weight excluding hydrogens is 248 g/mol. The molecule has 12 heavy (non-hydrogen) atoms. The monoisotopic (exact) mass is 251 g/mol. The molecule has 0 amide bonds. The Kier molecular flexibility index (Phi) is 2.74. The zero-order chi connectivity index (χ0) is 9.30. The molecule has 0 spiro atoms. The van der Waals surface area contributed by atoms with Crippen LogP contribution in [0, 0.1) is 11.6 Å². The number of nitrogens with two attached hydrogens (primary N) is 1. The summed E-state index contributed by atoms with van der Waals surface area (Å²) in [6, 6.07) is 1.95. The molecule has 0 aliphatic carbocycles. The number of thiocarbonyl (C=S) groups is 1. The first-order chi connectivity index (χ1) is 5.52. The second-order valence-electron chi connectivity index (χ2n) is 2.11. The summed E-state index contributed by atoms with van der Waals surface area (Å²) < 4.78 is 25.6. The van der Waals surface area contributed by atoms with E-state index in [1.807, 2.05) is 0 Å². The van der Waals surface area contributed by atoms with Crippen molar-refractivity contribution in [2.75, 3.05) is 0 Å². The predicted octanol–water partition coefficient (Wildman–Crippen LogP) is 2.36. The Labute approximate surface area is 81.7 Å². The molecular formula is C7H4BrF2NS. The molecule has 1 rings (SSSR count). The number of rotatable bonds is 1. The van der Waals surface area contributed by atoms with Crippen LogP contribution in [0.2, 0.25) is 0 Å². The van der Waals surface area contributed by atoms with Gasteiger partial charge in [-0.25, -0.2) is 8.78 Å². The van der Waals surface area contributed by atoms with Gasteiger partial charge in [-0.2, -0.15) is 0 Å². The highest BCUT2D eigenvalue weighted by Gasteiger charge is 2.09. The molecule has 0 unspecified atom stereocenters. The fourth-order valence-electron chi connectivity index (χ4n) is 0.711. The maximum absolute atomic E-state index is 12.9. The zero-order valence-electron chi connectivity index (χ0n) is 5.77. The van der Waals surface area contributed by atoms with Crippen LogP contribution in [0.4, 0.5) is 8.78 Å². The first-order valence-corrected chi connectivity index (χ1v) is 4.17. The highest BCUT2D eigenvalue weighted by Crippen LogP contribution is 2.19. The Balaban J connectivity index is 3.33. The molecule has 0 heterocycles.